The number of H-pyrrole nitrogens is 1. The molecule has 1 amide bonds. The lowest BCUT2D eigenvalue weighted by Crippen LogP contribution is -2.16. The molecular weight excluding hydrogens is 353 g/mol. The number of nitrogens with one attached hydrogen (secondary N) is 2. The molecule has 0 aliphatic carbocycles. The van der Waals surface area contributed by atoms with Gasteiger partial charge < -0.3 is 10.3 Å². The molecule has 4 nitrogen and oxygen atoms in total. The Hall–Kier alpha value is -2.09. The zero-order valence-corrected chi connectivity index (χ0v) is 11.9. The van der Waals surface area contributed by atoms with Crippen LogP contribution in [0.4, 0.5) is 18.9 Å². The average Bonchev–Trinajstić information content (AvgIpc) is 2.37. The molecule has 8 heteroatoms. The summed E-state index contributed by atoms with van der Waals surface area (Å²) in [7, 11) is 0. The number of carbonyl (C=O) groups excluding carboxylic acids is 1. The molecule has 21 heavy (non-hydrogen) atoms. The molecule has 1 aromatic heterocycles. The zero-order valence-electron chi connectivity index (χ0n) is 10.3. The number of aromatic nitrogens is 1. The molecule has 0 aliphatic rings. The molecule has 2 rings (SSSR count). The number of rotatable bonds is 2. The molecule has 1 heterocycles. The molecule has 0 spiro atoms. The first-order chi connectivity index (χ1) is 9.75. The van der Waals surface area contributed by atoms with E-state index in [4.69, 9.17) is 0 Å². The van der Waals surface area contributed by atoms with Crippen LogP contribution in [0.15, 0.2) is 45.8 Å². The van der Waals surface area contributed by atoms with E-state index in [1.54, 1.807) is 0 Å². The maximum atomic E-state index is 12.7. The van der Waals surface area contributed by atoms with Gasteiger partial charge in [-0.25, -0.2) is 0 Å². The van der Waals surface area contributed by atoms with Gasteiger partial charge in [0, 0.05) is 28.0 Å². The van der Waals surface area contributed by atoms with Gasteiger partial charge in [-0.15, -0.1) is 0 Å². The number of alkyl halides is 3. The van der Waals surface area contributed by atoms with Gasteiger partial charge in [0.2, 0.25) is 5.56 Å². The summed E-state index contributed by atoms with van der Waals surface area (Å²) in [4.78, 5) is 25.3. The topological polar surface area (TPSA) is 62.0 Å². The average molecular weight is 361 g/mol. The third kappa shape index (κ3) is 3.94. The lowest BCUT2D eigenvalue weighted by molar-refractivity contribution is -0.137. The Balaban J connectivity index is 2.29. The van der Waals surface area contributed by atoms with Gasteiger partial charge in [0.05, 0.1) is 5.56 Å². The summed E-state index contributed by atoms with van der Waals surface area (Å²) in [6.45, 7) is 0. The Morgan fingerprint density at radius 3 is 2.52 bits per heavy atom. The Bertz CT molecular complexity index is 741. The van der Waals surface area contributed by atoms with Crippen molar-refractivity contribution in [2.75, 3.05) is 5.32 Å². The predicted octanol–water partition coefficient (Wildman–Crippen LogP) is 3.41. The molecule has 1 aromatic carbocycles. The van der Waals surface area contributed by atoms with Crippen LogP contribution in [0, 0.1) is 0 Å². The van der Waals surface area contributed by atoms with E-state index < -0.39 is 23.2 Å². The number of benzene rings is 1. The maximum absolute atomic E-state index is 12.7. The van der Waals surface area contributed by atoms with Crippen LogP contribution in [-0.2, 0) is 6.18 Å². The summed E-state index contributed by atoms with van der Waals surface area (Å²) in [5.74, 6) is -0.674. The molecule has 0 fully saturated rings. The highest BCUT2D eigenvalue weighted by Crippen LogP contribution is 2.33. The van der Waals surface area contributed by atoms with Crippen LogP contribution in [0.1, 0.15) is 15.9 Å². The predicted molar refractivity (Wildman–Crippen MR) is 74.2 cm³/mol. The molecule has 0 aliphatic heterocycles. The van der Waals surface area contributed by atoms with E-state index >= 15 is 0 Å². The second-order valence-corrected chi connectivity index (χ2v) is 5.04. The van der Waals surface area contributed by atoms with Crippen molar-refractivity contribution in [1.29, 1.82) is 0 Å². The fourth-order valence-corrected chi connectivity index (χ4v) is 2.11. The highest BCUT2D eigenvalue weighted by atomic mass is 79.9. The van der Waals surface area contributed by atoms with Crippen LogP contribution in [0.2, 0.25) is 0 Å². The minimum atomic E-state index is -4.52. The number of aromatic amines is 1. The smallest absolute Gasteiger partial charge is 0.329 e. The lowest BCUT2D eigenvalue weighted by atomic mass is 10.2. The van der Waals surface area contributed by atoms with Crippen LogP contribution in [-0.4, -0.2) is 10.9 Å². The van der Waals surface area contributed by atoms with Gasteiger partial charge in [-0.2, -0.15) is 13.2 Å². The quantitative estimate of drug-likeness (QED) is 0.861. The van der Waals surface area contributed by atoms with Gasteiger partial charge in [-0.3, -0.25) is 9.59 Å². The van der Waals surface area contributed by atoms with Crippen LogP contribution in [0.3, 0.4) is 0 Å². The number of hydrogen-bond acceptors (Lipinski definition) is 2. The number of amides is 1. The monoisotopic (exact) mass is 360 g/mol. The van der Waals surface area contributed by atoms with Crippen molar-refractivity contribution < 1.29 is 18.0 Å². The van der Waals surface area contributed by atoms with Crippen LogP contribution >= 0.6 is 15.9 Å². The Labute approximate surface area is 125 Å². The van der Waals surface area contributed by atoms with Crippen LogP contribution in [0.25, 0.3) is 0 Å². The van der Waals surface area contributed by atoms with Gasteiger partial charge in [-0.1, -0.05) is 15.9 Å². The molecule has 0 atom stereocenters. The largest absolute Gasteiger partial charge is 0.416 e. The van der Waals surface area contributed by atoms with Crippen LogP contribution < -0.4 is 10.9 Å². The van der Waals surface area contributed by atoms with Crippen molar-refractivity contribution in [2.45, 2.75) is 6.18 Å². The lowest BCUT2D eigenvalue weighted by Gasteiger charge is -2.11. The van der Waals surface area contributed by atoms with Crippen molar-refractivity contribution in [3.05, 3.63) is 62.5 Å². The minimum absolute atomic E-state index is 0.0259. The maximum Gasteiger partial charge on any atom is 0.416 e. The van der Waals surface area contributed by atoms with Crippen molar-refractivity contribution >= 4 is 27.5 Å². The van der Waals surface area contributed by atoms with Gasteiger partial charge >= 0.3 is 6.18 Å². The van der Waals surface area contributed by atoms with Crippen molar-refractivity contribution in [1.82, 2.24) is 4.98 Å². The number of halogens is 4. The number of carbonyl (C=O) groups is 1. The van der Waals surface area contributed by atoms with E-state index in [-0.39, 0.29) is 15.7 Å². The highest BCUT2D eigenvalue weighted by Gasteiger charge is 2.31. The zero-order chi connectivity index (χ0) is 15.6. The van der Waals surface area contributed by atoms with Crippen molar-refractivity contribution in [3.8, 4) is 0 Å². The molecule has 110 valence electrons. The van der Waals surface area contributed by atoms with Gasteiger partial charge in [0.1, 0.15) is 0 Å². The standard InChI is InChI=1S/C13H8BrF3N2O2/c14-9-4-8(13(15,16)17)5-10(6-9)19-12(21)7-1-2-18-11(20)3-7/h1-6H,(H,18,20)(H,19,21). The third-order valence-corrected chi connectivity index (χ3v) is 2.98. The molecule has 2 aromatic rings. The minimum Gasteiger partial charge on any atom is -0.329 e. The first-order valence-corrected chi connectivity index (χ1v) is 6.43. The van der Waals surface area contributed by atoms with E-state index in [1.807, 2.05) is 0 Å². The summed E-state index contributed by atoms with van der Waals surface area (Å²) in [6, 6.07) is 5.45. The highest BCUT2D eigenvalue weighted by molar-refractivity contribution is 9.10. The van der Waals surface area contributed by atoms with Crippen molar-refractivity contribution in [3.63, 3.8) is 0 Å². The summed E-state index contributed by atoms with van der Waals surface area (Å²) >= 11 is 2.96. The first kappa shape index (κ1) is 15.3. The number of pyridine rings is 1. The second-order valence-electron chi connectivity index (χ2n) is 4.12. The summed E-state index contributed by atoms with van der Waals surface area (Å²) < 4.78 is 38.2. The first-order valence-electron chi connectivity index (χ1n) is 5.63. The SMILES string of the molecule is O=C(Nc1cc(Br)cc(C(F)(F)F)c1)c1cc[nH]c(=O)c1. The van der Waals surface area contributed by atoms with Gasteiger partial charge in [0.15, 0.2) is 0 Å². The third-order valence-electron chi connectivity index (χ3n) is 2.52. The Kier molecular flexibility index (Phi) is 4.17. The summed E-state index contributed by atoms with van der Waals surface area (Å²) in [5, 5.41) is 2.32. The normalized spacial score (nSPS) is 11.2. The summed E-state index contributed by atoms with van der Waals surface area (Å²) in [5.41, 5.74) is -1.35. The van der Waals surface area contributed by atoms with E-state index in [9.17, 15) is 22.8 Å². The molecule has 0 bridgehead atoms. The fourth-order valence-electron chi connectivity index (χ4n) is 1.61. The Morgan fingerprint density at radius 1 is 1.19 bits per heavy atom. The van der Waals surface area contributed by atoms with Crippen LogP contribution in [0.5, 0.6) is 0 Å². The molecule has 2 N–H and O–H groups in total. The second kappa shape index (κ2) is 5.72. The molecule has 0 saturated heterocycles. The molecule has 0 radical (unpaired) electrons. The molecule has 0 saturated carbocycles. The number of anilines is 1. The summed E-state index contributed by atoms with van der Waals surface area (Å²) in [6.07, 6.45) is -3.24. The molecular formula is C13H8BrF3N2O2. The fraction of sp³-hybridized carbons (Fsp3) is 0.0769. The van der Waals surface area contributed by atoms with E-state index in [2.05, 4.69) is 26.2 Å². The van der Waals surface area contributed by atoms with Gasteiger partial charge in [0.25, 0.3) is 5.91 Å². The van der Waals surface area contributed by atoms with Crippen molar-refractivity contribution in [2.24, 2.45) is 0 Å². The van der Waals surface area contributed by atoms with E-state index in [0.717, 1.165) is 18.2 Å². The Morgan fingerprint density at radius 2 is 1.90 bits per heavy atom. The van der Waals surface area contributed by atoms with Gasteiger partial charge in [-0.05, 0) is 24.3 Å². The van der Waals surface area contributed by atoms with E-state index in [0.29, 0.717) is 0 Å². The molecule has 0 unspecified atom stereocenters. The van der Waals surface area contributed by atoms with E-state index in [1.165, 1.54) is 18.3 Å². The number of hydrogen-bond donors (Lipinski definition) is 2.